The first kappa shape index (κ1) is 15.3. The van der Waals surface area contributed by atoms with E-state index >= 15 is 0 Å². The molecule has 0 aliphatic carbocycles. The highest BCUT2D eigenvalue weighted by Crippen LogP contribution is 2.29. The molecule has 0 aliphatic rings. The first-order valence-corrected chi connectivity index (χ1v) is 7.67. The number of nitrogens with one attached hydrogen (secondary N) is 1. The third-order valence-electron chi connectivity index (χ3n) is 2.89. The molecule has 0 heterocycles. The van der Waals surface area contributed by atoms with Gasteiger partial charge in [-0.2, -0.15) is 8.42 Å². The van der Waals surface area contributed by atoms with Gasteiger partial charge in [-0.3, -0.25) is 9.35 Å². The molecule has 21 heavy (non-hydrogen) atoms. The van der Waals surface area contributed by atoms with Crippen LogP contribution in [0.3, 0.4) is 0 Å². The monoisotopic (exact) mass is 309 g/mol. The summed E-state index contributed by atoms with van der Waals surface area (Å²) in [6.07, 6.45) is 0. The van der Waals surface area contributed by atoms with Gasteiger partial charge in [0.1, 0.15) is 5.75 Å². The second-order valence-corrected chi connectivity index (χ2v) is 6.40. The van der Waals surface area contributed by atoms with E-state index in [2.05, 4.69) is 5.32 Å². The standard InChI is InChI=1S/C14H15NO5S/c1-8(2)15-14(17)10-4-3-9-5-11(21(18,19)20)7-13(16)12(9)6-10/h3-8,16H,1-2H3,(H,15,17)(H,18,19,20). The molecule has 0 atom stereocenters. The van der Waals surface area contributed by atoms with Crippen molar-refractivity contribution in [3.63, 3.8) is 0 Å². The molecule has 6 nitrogen and oxygen atoms in total. The minimum absolute atomic E-state index is 0.0244. The smallest absolute Gasteiger partial charge is 0.294 e. The van der Waals surface area contributed by atoms with Crippen LogP contribution < -0.4 is 5.32 Å². The SMILES string of the molecule is CC(C)NC(=O)c1ccc2cc(S(=O)(=O)O)cc(O)c2c1. The Balaban J connectivity index is 2.55. The summed E-state index contributed by atoms with van der Waals surface area (Å²) in [5.74, 6) is -0.607. The summed E-state index contributed by atoms with van der Waals surface area (Å²) < 4.78 is 31.2. The van der Waals surface area contributed by atoms with Crippen LogP contribution in [0.5, 0.6) is 5.75 Å². The molecular formula is C14H15NO5S. The van der Waals surface area contributed by atoms with Gasteiger partial charge in [-0.05, 0) is 37.4 Å². The lowest BCUT2D eigenvalue weighted by molar-refractivity contribution is 0.0943. The second-order valence-electron chi connectivity index (χ2n) is 4.98. The van der Waals surface area contributed by atoms with Gasteiger partial charge in [-0.25, -0.2) is 0 Å². The third kappa shape index (κ3) is 3.32. The van der Waals surface area contributed by atoms with Crippen molar-refractivity contribution in [1.82, 2.24) is 5.32 Å². The molecule has 0 saturated carbocycles. The Bertz CT molecular complexity index is 811. The Labute approximate surface area is 122 Å². The fourth-order valence-electron chi connectivity index (χ4n) is 1.95. The van der Waals surface area contributed by atoms with Crippen LogP contribution in [-0.4, -0.2) is 30.0 Å². The lowest BCUT2D eigenvalue weighted by Gasteiger charge is -2.10. The van der Waals surface area contributed by atoms with Gasteiger partial charge in [-0.15, -0.1) is 0 Å². The number of phenolic OH excluding ortho intramolecular Hbond substituents is 1. The van der Waals surface area contributed by atoms with E-state index in [-0.39, 0.29) is 17.7 Å². The summed E-state index contributed by atoms with van der Waals surface area (Å²) in [6.45, 7) is 3.66. The molecule has 1 amide bonds. The molecular weight excluding hydrogens is 294 g/mol. The predicted molar refractivity (Wildman–Crippen MR) is 78.0 cm³/mol. The number of fused-ring (bicyclic) bond motifs is 1. The predicted octanol–water partition coefficient (Wildman–Crippen LogP) is 1.93. The molecule has 0 aromatic heterocycles. The Hall–Kier alpha value is -2.12. The van der Waals surface area contributed by atoms with E-state index in [4.69, 9.17) is 4.55 Å². The summed E-state index contributed by atoms with van der Waals surface area (Å²) in [6, 6.07) is 6.65. The number of benzene rings is 2. The van der Waals surface area contributed by atoms with Crippen molar-refractivity contribution in [2.24, 2.45) is 0 Å². The van der Waals surface area contributed by atoms with Crippen LogP contribution in [0, 0.1) is 0 Å². The number of rotatable bonds is 3. The highest BCUT2D eigenvalue weighted by Gasteiger charge is 2.15. The molecule has 0 unspecified atom stereocenters. The summed E-state index contributed by atoms with van der Waals surface area (Å²) in [5, 5.41) is 13.4. The molecule has 0 saturated heterocycles. The van der Waals surface area contributed by atoms with Gasteiger partial charge in [0.15, 0.2) is 0 Å². The number of hydrogen-bond acceptors (Lipinski definition) is 4. The maximum Gasteiger partial charge on any atom is 0.294 e. The number of carbonyl (C=O) groups is 1. The van der Waals surface area contributed by atoms with Gasteiger partial charge in [0, 0.05) is 23.1 Å². The average Bonchev–Trinajstić information content (AvgIpc) is 2.36. The van der Waals surface area contributed by atoms with Crippen molar-refractivity contribution < 1.29 is 22.9 Å². The molecule has 3 N–H and O–H groups in total. The average molecular weight is 309 g/mol. The zero-order valence-electron chi connectivity index (χ0n) is 11.5. The van der Waals surface area contributed by atoms with Crippen LogP contribution in [-0.2, 0) is 10.1 Å². The minimum Gasteiger partial charge on any atom is -0.507 e. The Morgan fingerprint density at radius 3 is 2.43 bits per heavy atom. The molecule has 112 valence electrons. The van der Waals surface area contributed by atoms with E-state index in [1.165, 1.54) is 24.3 Å². The third-order valence-corrected chi connectivity index (χ3v) is 3.72. The number of aromatic hydroxyl groups is 1. The lowest BCUT2D eigenvalue weighted by atomic mass is 10.1. The van der Waals surface area contributed by atoms with Gasteiger partial charge in [0.2, 0.25) is 0 Å². The quantitative estimate of drug-likeness (QED) is 0.752. The first-order valence-electron chi connectivity index (χ1n) is 6.23. The topological polar surface area (TPSA) is 104 Å². The maximum absolute atomic E-state index is 11.9. The van der Waals surface area contributed by atoms with Gasteiger partial charge in [0.05, 0.1) is 4.90 Å². The van der Waals surface area contributed by atoms with E-state index in [1.54, 1.807) is 0 Å². The van der Waals surface area contributed by atoms with Crippen molar-refractivity contribution in [2.75, 3.05) is 0 Å². The van der Waals surface area contributed by atoms with Crippen molar-refractivity contribution in [2.45, 2.75) is 24.8 Å². The van der Waals surface area contributed by atoms with E-state index in [1.807, 2.05) is 13.8 Å². The van der Waals surface area contributed by atoms with Gasteiger partial charge < -0.3 is 10.4 Å². The van der Waals surface area contributed by atoms with E-state index in [0.29, 0.717) is 16.3 Å². The fourth-order valence-corrected chi connectivity index (χ4v) is 2.48. The number of carbonyl (C=O) groups excluding carboxylic acids is 1. The Morgan fingerprint density at radius 2 is 1.86 bits per heavy atom. The highest BCUT2D eigenvalue weighted by molar-refractivity contribution is 7.85. The highest BCUT2D eigenvalue weighted by atomic mass is 32.2. The summed E-state index contributed by atoms with van der Waals surface area (Å²) in [5.41, 5.74) is 0.353. The summed E-state index contributed by atoms with van der Waals surface area (Å²) in [7, 11) is -4.40. The van der Waals surface area contributed by atoms with Crippen LogP contribution in [0.25, 0.3) is 10.8 Å². The van der Waals surface area contributed by atoms with Gasteiger partial charge >= 0.3 is 0 Å². The van der Waals surface area contributed by atoms with Crippen molar-refractivity contribution in [1.29, 1.82) is 0 Å². The zero-order chi connectivity index (χ0) is 15.8. The first-order chi connectivity index (χ1) is 9.68. The van der Waals surface area contributed by atoms with Crippen LogP contribution in [0.4, 0.5) is 0 Å². The van der Waals surface area contributed by atoms with Gasteiger partial charge in [-0.1, -0.05) is 6.07 Å². The van der Waals surface area contributed by atoms with E-state index in [9.17, 15) is 18.3 Å². The molecule has 0 fully saturated rings. The maximum atomic E-state index is 11.9. The van der Waals surface area contributed by atoms with E-state index in [0.717, 1.165) is 6.07 Å². The minimum atomic E-state index is -4.40. The Kier molecular flexibility index (Phi) is 3.89. The van der Waals surface area contributed by atoms with Crippen molar-refractivity contribution in [3.05, 3.63) is 35.9 Å². The molecule has 0 aliphatic heterocycles. The van der Waals surface area contributed by atoms with Crippen LogP contribution in [0.1, 0.15) is 24.2 Å². The number of hydrogen-bond donors (Lipinski definition) is 3. The second kappa shape index (κ2) is 5.34. The molecule has 0 bridgehead atoms. The van der Waals surface area contributed by atoms with Crippen LogP contribution >= 0.6 is 0 Å². The molecule has 2 aromatic carbocycles. The normalized spacial score (nSPS) is 11.8. The van der Waals surface area contributed by atoms with Gasteiger partial charge in [0.25, 0.3) is 16.0 Å². The molecule has 0 spiro atoms. The number of phenols is 1. The lowest BCUT2D eigenvalue weighted by Crippen LogP contribution is -2.29. The summed E-state index contributed by atoms with van der Waals surface area (Å²) >= 11 is 0. The molecule has 2 aromatic rings. The number of amides is 1. The van der Waals surface area contributed by atoms with E-state index < -0.39 is 15.0 Å². The molecule has 0 radical (unpaired) electrons. The fraction of sp³-hybridized carbons (Fsp3) is 0.214. The molecule has 7 heteroatoms. The molecule has 2 rings (SSSR count). The summed E-state index contributed by atoms with van der Waals surface area (Å²) in [4.78, 5) is 11.5. The van der Waals surface area contributed by atoms with Crippen molar-refractivity contribution in [3.8, 4) is 5.75 Å². The van der Waals surface area contributed by atoms with Crippen molar-refractivity contribution >= 4 is 26.8 Å². The zero-order valence-corrected chi connectivity index (χ0v) is 12.3. The largest absolute Gasteiger partial charge is 0.507 e. The van der Waals surface area contributed by atoms with Crippen LogP contribution in [0.2, 0.25) is 0 Å². The van der Waals surface area contributed by atoms with Crippen LogP contribution in [0.15, 0.2) is 35.2 Å². The Morgan fingerprint density at radius 1 is 1.19 bits per heavy atom.